The lowest BCUT2D eigenvalue weighted by Crippen LogP contribution is -2.67. The number of aromatic nitrogens is 1. The maximum Gasteiger partial charge on any atom is 0.256 e. The van der Waals surface area contributed by atoms with E-state index in [1.54, 1.807) is 0 Å². The van der Waals surface area contributed by atoms with E-state index in [0.717, 1.165) is 11.5 Å². The number of hydrogen-bond acceptors (Lipinski definition) is 2. The summed E-state index contributed by atoms with van der Waals surface area (Å²) in [5.74, 6) is 1.91. The van der Waals surface area contributed by atoms with Crippen molar-refractivity contribution in [3.63, 3.8) is 0 Å². The van der Waals surface area contributed by atoms with Crippen LogP contribution in [-0.4, -0.2) is 18.0 Å². The first-order chi connectivity index (χ1) is 20.4. The van der Waals surface area contributed by atoms with Gasteiger partial charge in [-0.15, -0.1) is 0 Å². The number of nitrogens with zero attached hydrogens (tertiary/aromatic N) is 2. The number of fused-ring (bicyclic) bond motifs is 11. The molecule has 3 nitrogen and oxygen atoms in total. The molecule has 0 saturated carbocycles. The van der Waals surface area contributed by atoms with Crippen molar-refractivity contribution in [1.82, 2.24) is 4.57 Å². The third kappa shape index (κ3) is 2.27. The molecule has 0 fully saturated rings. The van der Waals surface area contributed by atoms with E-state index in [1.807, 2.05) is 0 Å². The Morgan fingerprint density at radius 2 is 1.07 bits per heavy atom. The summed E-state index contributed by atoms with van der Waals surface area (Å²) in [6.45, 7) is 0.292. The van der Waals surface area contributed by atoms with Crippen molar-refractivity contribution in [3.8, 4) is 17.2 Å². The van der Waals surface area contributed by atoms with Crippen LogP contribution in [0.3, 0.4) is 0 Å². The molecule has 0 aliphatic carbocycles. The van der Waals surface area contributed by atoms with Crippen LogP contribution in [0.1, 0.15) is 0 Å². The van der Waals surface area contributed by atoms with Crippen LogP contribution in [0.15, 0.2) is 121 Å². The monoisotopic (exact) mass is 518 g/mol. The average Bonchev–Trinajstić information content (AvgIpc) is 3.37. The van der Waals surface area contributed by atoms with Crippen LogP contribution < -0.4 is 42.4 Å². The zero-order chi connectivity index (χ0) is 26.4. The van der Waals surface area contributed by atoms with E-state index >= 15 is 0 Å². The molecule has 7 aromatic rings. The molecule has 5 heteroatoms. The van der Waals surface area contributed by atoms with Gasteiger partial charge in [-0.05, 0) is 69.2 Å². The van der Waals surface area contributed by atoms with Crippen LogP contribution >= 0.6 is 0 Å². The quantitative estimate of drug-likeness (QED) is 0.278. The van der Waals surface area contributed by atoms with Gasteiger partial charge in [-0.1, -0.05) is 84.9 Å². The second kappa shape index (κ2) is 6.94. The smallest absolute Gasteiger partial charge is 0.256 e. The van der Waals surface area contributed by atoms with Crippen LogP contribution in [0.25, 0.3) is 27.5 Å². The molecule has 186 valence electrons. The highest BCUT2D eigenvalue weighted by Gasteiger charge is 2.48. The lowest BCUT2D eigenvalue weighted by molar-refractivity contribution is 0.487. The first-order valence-corrected chi connectivity index (χ1v) is 14.4. The van der Waals surface area contributed by atoms with Gasteiger partial charge in [0.25, 0.3) is 13.4 Å². The first kappa shape index (κ1) is 20.7. The van der Waals surface area contributed by atoms with E-state index in [0.29, 0.717) is 0 Å². The van der Waals surface area contributed by atoms with Crippen LogP contribution in [-0.2, 0) is 0 Å². The predicted octanol–water partition coefficient (Wildman–Crippen LogP) is 4.33. The van der Waals surface area contributed by atoms with E-state index < -0.39 is 0 Å². The molecule has 0 spiro atoms. The fourth-order valence-corrected chi connectivity index (χ4v) is 8.42. The molecule has 41 heavy (non-hydrogen) atoms. The molecule has 6 aromatic carbocycles. The Hall–Kier alpha value is -5.15. The largest absolute Gasteiger partial charge is 0.458 e. The zero-order valence-corrected chi connectivity index (χ0v) is 22.0. The van der Waals surface area contributed by atoms with Gasteiger partial charge in [0.05, 0.1) is 5.52 Å². The van der Waals surface area contributed by atoms with Crippen LogP contribution in [0, 0.1) is 0 Å². The minimum absolute atomic E-state index is 0.132. The molecule has 0 radical (unpaired) electrons. The van der Waals surface area contributed by atoms with Gasteiger partial charge in [-0.2, -0.15) is 0 Å². The van der Waals surface area contributed by atoms with Gasteiger partial charge in [-0.3, -0.25) is 0 Å². The van der Waals surface area contributed by atoms with E-state index in [-0.39, 0.29) is 13.4 Å². The zero-order valence-electron chi connectivity index (χ0n) is 22.0. The number of ether oxygens (including phenoxy) is 1. The Morgan fingerprint density at radius 1 is 0.463 bits per heavy atom. The molecule has 5 heterocycles. The summed E-state index contributed by atoms with van der Waals surface area (Å²) in [6.07, 6.45) is 0. The fourth-order valence-electron chi connectivity index (χ4n) is 8.42. The summed E-state index contributed by atoms with van der Waals surface area (Å²) < 4.78 is 9.05. The topological polar surface area (TPSA) is 17.4 Å². The van der Waals surface area contributed by atoms with Gasteiger partial charge >= 0.3 is 0 Å². The lowest BCUT2D eigenvalue weighted by atomic mass is 9.29. The molecule has 1 aromatic heterocycles. The number of hydrogen-bond donors (Lipinski definition) is 0. The summed E-state index contributed by atoms with van der Waals surface area (Å²) >= 11 is 0. The second-order valence-electron chi connectivity index (χ2n) is 11.6. The normalized spacial score (nSPS) is 14.4. The van der Waals surface area contributed by atoms with E-state index in [4.69, 9.17) is 4.74 Å². The van der Waals surface area contributed by atoms with E-state index in [9.17, 15) is 0 Å². The molecule has 0 amide bonds. The van der Waals surface area contributed by atoms with Gasteiger partial charge in [0, 0.05) is 39.0 Å². The molecule has 0 atom stereocenters. The van der Waals surface area contributed by atoms with Crippen molar-refractivity contribution in [2.45, 2.75) is 0 Å². The van der Waals surface area contributed by atoms with Gasteiger partial charge < -0.3 is 14.2 Å². The molecule has 4 aliphatic rings. The molecule has 0 saturated heterocycles. The van der Waals surface area contributed by atoms with Gasteiger partial charge in [0.2, 0.25) is 0 Å². The highest BCUT2D eigenvalue weighted by atomic mass is 16.5. The minimum Gasteiger partial charge on any atom is -0.458 e. The average molecular weight is 518 g/mol. The summed E-state index contributed by atoms with van der Waals surface area (Å²) in [4.78, 5) is 2.53. The number of anilines is 3. The number of rotatable bonds is 0. The molecule has 0 bridgehead atoms. The van der Waals surface area contributed by atoms with E-state index in [2.05, 4.69) is 131 Å². The Kier molecular flexibility index (Phi) is 3.51. The molecular weight excluding hydrogens is 498 g/mol. The minimum atomic E-state index is 0.132. The molecule has 0 N–H and O–H groups in total. The van der Waals surface area contributed by atoms with Gasteiger partial charge in [0.15, 0.2) is 0 Å². The summed E-state index contributed by atoms with van der Waals surface area (Å²) in [5.41, 5.74) is 15.7. The summed E-state index contributed by atoms with van der Waals surface area (Å²) in [7, 11) is 0. The standard InChI is InChI=1S/C36H20B2N2O/c1-3-15-27-21(9-1)22-10-5-12-24-35(22)39(27)28-16-7-17-29-33(28)38(24)26-14-6-13-25-36(26)40(29)30-18-8-20-32-34(30)37(25)23-11-2-4-19-31(23)41-32/h1-20H. The maximum absolute atomic E-state index is 6.54. The Morgan fingerprint density at radius 3 is 2.00 bits per heavy atom. The first-order valence-electron chi connectivity index (χ1n) is 14.4. The molecule has 11 rings (SSSR count). The highest BCUT2D eigenvalue weighted by molar-refractivity contribution is 7.04. The Balaban J connectivity index is 1.32. The number of para-hydroxylation sites is 4. The summed E-state index contributed by atoms with van der Waals surface area (Å²) in [6, 6.07) is 44.7. The molecular formula is C36H20B2N2O. The van der Waals surface area contributed by atoms with Crippen LogP contribution in [0.5, 0.6) is 11.5 Å². The molecule has 4 aliphatic heterocycles. The summed E-state index contributed by atoms with van der Waals surface area (Å²) in [5, 5.41) is 2.64. The van der Waals surface area contributed by atoms with Crippen molar-refractivity contribution in [2.75, 3.05) is 4.90 Å². The Bertz CT molecular complexity index is 2340. The van der Waals surface area contributed by atoms with Crippen molar-refractivity contribution in [2.24, 2.45) is 0 Å². The van der Waals surface area contributed by atoms with Crippen LogP contribution in [0.2, 0.25) is 0 Å². The van der Waals surface area contributed by atoms with Crippen molar-refractivity contribution in [3.05, 3.63) is 121 Å². The third-order valence-corrected chi connectivity index (χ3v) is 9.83. The highest BCUT2D eigenvalue weighted by Crippen LogP contribution is 2.43. The number of benzene rings is 6. The maximum atomic E-state index is 6.54. The molecule has 0 unspecified atom stereocenters. The second-order valence-corrected chi connectivity index (χ2v) is 11.6. The van der Waals surface area contributed by atoms with Crippen molar-refractivity contribution < 1.29 is 4.74 Å². The fraction of sp³-hybridized carbons (Fsp3) is 0. The lowest BCUT2D eigenvalue weighted by Gasteiger charge is -2.46. The Labute approximate surface area is 237 Å². The van der Waals surface area contributed by atoms with Crippen molar-refractivity contribution >= 4 is 85.1 Å². The SMILES string of the molecule is c1ccc2c(c1)Oc1cccc3c1B2c1cccc2c1N3c1cccc3c1B2c1cccc2c4ccccc4n-3c12. The van der Waals surface area contributed by atoms with Gasteiger partial charge in [0.1, 0.15) is 11.5 Å². The van der Waals surface area contributed by atoms with Crippen molar-refractivity contribution in [1.29, 1.82) is 0 Å². The van der Waals surface area contributed by atoms with E-state index in [1.165, 1.54) is 77.3 Å². The van der Waals surface area contributed by atoms with Gasteiger partial charge in [-0.25, -0.2) is 0 Å². The van der Waals surface area contributed by atoms with Crippen LogP contribution in [0.4, 0.5) is 17.1 Å². The predicted molar refractivity (Wildman–Crippen MR) is 171 cm³/mol. The third-order valence-electron chi connectivity index (χ3n) is 9.83.